The van der Waals surface area contributed by atoms with Crippen molar-refractivity contribution < 1.29 is 4.79 Å². The van der Waals surface area contributed by atoms with Gasteiger partial charge in [0, 0.05) is 15.8 Å². The molecule has 2 unspecified atom stereocenters. The standard InChI is InChI=1S/C12H15Br2NOS2/c1-17-9-5-3-2-4-8(9)15-12(16)10-6-7(13)11(14)18-10/h6,8-9H,2-5H2,1H3,(H,15,16). The van der Waals surface area contributed by atoms with Crippen LogP contribution in [0, 0.1) is 0 Å². The topological polar surface area (TPSA) is 29.1 Å². The maximum atomic E-state index is 12.2. The van der Waals surface area contributed by atoms with Gasteiger partial charge in [0.25, 0.3) is 5.91 Å². The van der Waals surface area contributed by atoms with E-state index in [1.54, 1.807) is 0 Å². The van der Waals surface area contributed by atoms with Crippen molar-refractivity contribution in [1.29, 1.82) is 0 Å². The summed E-state index contributed by atoms with van der Waals surface area (Å²) >= 11 is 10.2. The summed E-state index contributed by atoms with van der Waals surface area (Å²) in [6.07, 6.45) is 6.95. The molecule has 6 heteroatoms. The summed E-state index contributed by atoms with van der Waals surface area (Å²) in [7, 11) is 0. The molecule has 2 nitrogen and oxygen atoms in total. The number of rotatable bonds is 3. The monoisotopic (exact) mass is 411 g/mol. The van der Waals surface area contributed by atoms with Crippen molar-refractivity contribution in [3.8, 4) is 0 Å². The molecule has 0 radical (unpaired) electrons. The normalized spacial score (nSPS) is 23.9. The zero-order valence-corrected chi connectivity index (χ0v) is 14.8. The molecule has 1 N–H and O–H groups in total. The molecule has 1 saturated carbocycles. The van der Waals surface area contributed by atoms with Crippen LogP contribution in [-0.4, -0.2) is 23.5 Å². The summed E-state index contributed by atoms with van der Waals surface area (Å²) in [6, 6.07) is 2.20. The number of thioether (sulfide) groups is 1. The Hall–Kier alpha value is 0.480. The Bertz CT molecular complexity index is 416. The van der Waals surface area contributed by atoms with Crippen LogP contribution in [-0.2, 0) is 0 Å². The first-order valence-electron chi connectivity index (χ1n) is 5.90. The van der Waals surface area contributed by atoms with Crippen molar-refractivity contribution in [1.82, 2.24) is 5.32 Å². The van der Waals surface area contributed by atoms with E-state index in [9.17, 15) is 4.79 Å². The van der Waals surface area contributed by atoms with Gasteiger partial charge >= 0.3 is 0 Å². The fourth-order valence-electron chi connectivity index (χ4n) is 2.24. The summed E-state index contributed by atoms with van der Waals surface area (Å²) in [4.78, 5) is 13.0. The molecular weight excluding hydrogens is 398 g/mol. The fourth-order valence-corrected chi connectivity index (χ4v) is 5.12. The minimum atomic E-state index is 0.0531. The molecule has 1 aromatic heterocycles. The Kier molecular flexibility index (Phi) is 5.60. The van der Waals surface area contributed by atoms with E-state index in [2.05, 4.69) is 43.4 Å². The van der Waals surface area contributed by atoms with Gasteiger partial charge in [-0.15, -0.1) is 11.3 Å². The van der Waals surface area contributed by atoms with Crippen molar-refractivity contribution in [3.63, 3.8) is 0 Å². The number of hydrogen-bond donors (Lipinski definition) is 1. The second-order valence-electron chi connectivity index (χ2n) is 4.37. The lowest BCUT2D eigenvalue weighted by Gasteiger charge is -2.30. The van der Waals surface area contributed by atoms with Crippen LogP contribution in [0.5, 0.6) is 0 Å². The predicted molar refractivity (Wildman–Crippen MR) is 86.7 cm³/mol. The molecule has 0 spiro atoms. The molecule has 1 aliphatic carbocycles. The number of hydrogen-bond acceptors (Lipinski definition) is 3. The first-order valence-corrected chi connectivity index (χ1v) is 9.59. The molecule has 2 atom stereocenters. The second kappa shape index (κ2) is 6.77. The van der Waals surface area contributed by atoms with Gasteiger partial charge in [0.2, 0.25) is 0 Å². The van der Waals surface area contributed by atoms with Crippen LogP contribution >= 0.6 is 55.0 Å². The SMILES string of the molecule is CSC1CCCCC1NC(=O)c1cc(Br)c(Br)s1. The fraction of sp³-hybridized carbons (Fsp3) is 0.583. The van der Waals surface area contributed by atoms with Gasteiger partial charge in [-0.05, 0) is 57.0 Å². The van der Waals surface area contributed by atoms with Crippen LogP contribution in [0.3, 0.4) is 0 Å². The van der Waals surface area contributed by atoms with E-state index in [0.717, 1.165) is 19.6 Å². The lowest BCUT2D eigenvalue weighted by Crippen LogP contribution is -2.43. The highest BCUT2D eigenvalue weighted by molar-refractivity contribution is 9.13. The summed E-state index contributed by atoms with van der Waals surface area (Å²) in [6.45, 7) is 0. The number of carbonyl (C=O) groups is 1. The Morgan fingerprint density at radius 3 is 2.78 bits per heavy atom. The van der Waals surface area contributed by atoms with Gasteiger partial charge in [-0.3, -0.25) is 4.79 Å². The van der Waals surface area contributed by atoms with Gasteiger partial charge in [0.15, 0.2) is 0 Å². The van der Waals surface area contributed by atoms with E-state index in [4.69, 9.17) is 0 Å². The van der Waals surface area contributed by atoms with Crippen LogP contribution in [0.25, 0.3) is 0 Å². The Morgan fingerprint density at radius 1 is 1.44 bits per heavy atom. The second-order valence-corrected chi connectivity index (χ2v) is 8.67. The van der Waals surface area contributed by atoms with Crippen molar-refractivity contribution in [2.75, 3.05) is 6.26 Å². The molecule has 1 heterocycles. The van der Waals surface area contributed by atoms with Crippen LogP contribution in [0.4, 0.5) is 0 Å². The van der Waals surface area contributed by atoms with Gasteiger partial charge in [-0.2, -0.15) is 11.8 Å². The predicted octanol–water partition coefficient (Wildman–Crippen LogP) is 4.68. The molecule has 1 aromatic rings. The highest BCUT2D eigenvalue weighted by atomic mass is 79.9. The molecule has 0 saturated heterocycles. The third kappa shape index (κ3) is 3.52. The van der Waals surface area contributed by atoms with Gasteiger partial charge in [0.1, 0.15) is 0 Å². The molecule has 0 aromatic carbocycles. The van der Waals surface area contributed by atoms with Crippen molar-refractivity contribution in [2.24, 2.45) is 0 Å². The highest BCUT2D eigenvalue weighted by Gasteiger charge is 2.26. The van der Waals surface area contributed by atoms with E-state index >= 15 is 0 Å². The molecule has 18 heavy (non-hydrogen) atoms. The van der Waals surface area contributed by atoms with Crippen LogP contribution < -0.4 is 5.32 Å². The minimum absolute atomic E-state index is 0.0531. The largest absolute Gasteiger partial charge is 0.347 e. The molecule has 1 amide bonds. The number of nitrogens with one attached hydrogen (secondary N) is 1. The average molecular weight is 413 g/mol. The third-order valence-corrected chi connectivity index (χ3v) is 7.62. The van der Waals surface area contributed by atoms with E-state index in [-0.39, 0.29) is 5.91 Å². The molecular formula is C12H15Br2NOS2. The van der Waals surface area contributed by atoms with Crippen LogP contribution in [0.2, 0.25) is 0 Å². The zero-order chi connectivity index (χ0) is 13.1. The van der Waals surface area contributed by atoms with E-state index < -0.39 is 0 Å². The first-order chi connectivity index (χ1) is 8.61. The highest BCUT2D eigenvalue weighted by Crippen LogP contribution is 2.33. The zero-order valence-electron chi connectivity index (χ0n) is 10.0. The van der Waals surface area contributed by atoms with Crippen LogP contribution in [0.15, 0.2) is 14.3 Å². The molecule has 100 valence electrons. The number of thiophene rings is 1. The molecule has 0 aliphatic heterocycles. The van der Waals surface area contributed by atoms with Gasteiger partial charge in [-0.25, -0.2) is 0 Å². The average Bonchev–Trinajstić information content (AvgIpc) is 2.70. The van der Waals surface area contributed by atoms with Crippen molar-refractivity contribution in [3.05, 3.63) is 19.2 Å². The molecule has 2 rings (SSSR count). The lowest BCUT2D eigenvalue weighted by atomic mass is 9.95. The quantitative estimate of drug-likeness (QED) is 0.780. The minimum Gasteiger partial charge on any atom is -0.347 e. The van der Waals surface area contributed by atoms with Gasteiger partial charge in [-0.1, -0.05) is 12.8 Å². The third-order valence-electron chi connectivity index (χ3n) is 3.19. The maximum Gasteiger partial charge on any atom is 0.261 e. The smallest absolute Gasteiger partial charge is 0.261 e. The number of carbonyl (C=O) groups excluding carboxylic acids is 1. The lowest BCUT2D eigenvalue weighted by molar-refractivity contribution is 0.0933. The van der Waals surface area contributed by atoms with Crippen molar-refractivity contribution in [2.45, 2.75) is 37.0 Å². The molecule has 1 fully saturated rings. The summed E-state index contributed by atoms with van der Waals surface area (Å²) in [5, 5.41) is 3.75. The maximum absolute atomic E-state index is 12.2. The van der Waals surface area contributed by atoms with E-state index in [1.165, 1.54) is 30.6 Å². The van der Waals surface area contributed by atoms with E-state index in [1.807, 2.05) is 17.8 Å². The van der Waals surface area contributed by atoms with Crippen LogP contribution in [0.1, 0.15) is 35.4 Å². The summed E-state index contributed by atoms with van der Waals surface area (Å²) in [5.41, 5.74) is 0. The van der Waals surface area contributed by atoms with Crippen molar-refractivity contribution >= 4 is 60.9 Å². The van der Waals surface area contributed by atoms with Gasteiger partial charge < -0.3 is 5.32 Å². The molecule has 0 bridgehead atoms. The summed E-state index contributed by atoms with van der Waals surface area (Å²) in [5.74, 6) is 0.0531. The number of amides is 1. The van der Waals surface area contributed by atoms with E-state index in [0.29, 0.717) is 11.3 Å². The Morgan fingerprint density at radius 2 is 2.17 bits per heavy atom. The first kappa shape index (κ1) is 14.9. The molecule has 1 aliphatic rings. The Labute approximate surface area is 133 Å². The summed E-state index contributed by atoms with van der Waals surface area (Å²) < 4.78 is 1.92. The van der Waals surface area contributed by atoms with Gasteiger partial charge in [0.05, 0.1) is 8.66 Å². The number of halogens is 2. The Balaban J connectivity index is 2.01.